The maximum atomic E-state index is 9.94. The number of aryl methyl sites for hydroxylation is 1. The molecule has 24 heavy (non-hydrogen) atoms. The Balaban J connectivity index is 1.62. The van der Waals surface area contributed by atoms with Crippen molar-refractivity contribution in [1.29, 1.82) is 0 Å². The van der Waals surface area contributed by atoms with Gasteiger partial charge >= 0.3 is 0 Å². The molecule has 3 nitrogen and oxygen atoms in total. The highest BCUT2D eigenvalue weighted by atomic mass is 35.5. The molecule has 2 unspecified atom stereocenters. The van der Waals surface area contributed by atoms with Gasteiger partial charge in [-0.1, -0.05) is 40.5 Å². The van der Waals surface area contributed by atoms with Gasteiger partial charge in [0.25, 0.3) is 0 Å². The molecular formula is C19H17Cl2NO2. The van der Waals surface area contributed by atoms with Gasteiger partial charge in [-0.3, -0.25) is 0 Å². The second-order valence-corrected chi connectivity index (χ2v) is 7.54. The molecule has 2 atom stereocenters. The van der Waals surface area contributed by atoms with Crippen LogP contribution in [-0.2, 0) is 16.9 Å². The summed E-state index contributed by atoms with van der Waals surface area (Å²) in [5, 5.41) is 15.4. The molecule has 0 saturated heterocycles. The molecule has 0 saturated carbocycles. The fourth-order valence-corrected chi connectivity index (χ4v) is 4.01. The maximum Gasteiger partial charge on any atom is 0.165 e. The quantitative estimate of drug-likeness (QED) is 0.816. The van der Waals surface area contributed by atoms with E-state index in [1.807, 2.05) is 31.2 Å². The lowest BCUT2D eigenvalue weighted by molar-refractivity contribution is -0.00737. The number of aliphatic hydroxyl groups excluding tert-OH is 1. The monoisotopic (exact) mass is 361 g/mol. The number of nitrogens with zero attached hydrogens (tertiary/aromatic N) is 1. The third-order valence-corrected chi connectivity index (χ3v) is 5.29. The third kappa shape index (κ3) is 2.71. The van der Waals surface area contributed by atoms with Crippen LogP contribution in [0.5, 0.6) is 0 Å². The number of aliphatic hydroxyl groups is 1. The van der Waals surface area contributed by atoms with Gasteiger partial charge in [-0.2, -0.15) is 0 Å². The molecule has 1 aliphatic heterocycles. The highest BCUT2D eigenvalue weighted by molar-refractivity contribution is 6.34. The van der Waals surface area contributed by atoms with E-state index in [-0.39, 0.29) is 6.10 Å². The predicted octanol–water partition coefficient (Wildman–Crippen LogP) is 5.01. The molecule has 0 fully saturated rings. The molecule has 2 aromatic rings. The van der Waals surface area contributed by atoms with Crippen LogP contribution in [0.4, 0.5) is 0 Å². The van der Waals surface area contributed by atoms with E-state index in [1.165, 1.54) is 5.56 Å². The number of oxime groups is 1. The first-order valence-corrected chi connectivity index (χ1v) is 8.73. The molecule has 1 aliphatic carbocycles. The van der Waals surface area contributed by atoms with Gasteiger partial charge in [-0.25, -0.2) is 0 Å². The first-order valence-electron chi connectivity index (χ1n) is 7.97. The van der Waals surface area contributed by atoms with Gasteiger partial charge in [0, 0.05) is 22.0 Å². The van der Waals surface area contributed by atoms with Gasteiger partial charge in [0.2, 0.25) is 0 Å². The lowest BCUT2D eigenvalue weighted by atomic mass is 9.88. The van der Waals surface area contributed by atoms with Crippen molar-refractivity contribution < 1.29 is 9.94 Å². The van der Waals surface area contributed by atoms with Crippen molar-refractivity contribution in [3.63, 3.8) is 0 Å². The lowest BCUT2D eigenvalue weighted by Crippen LogP contribution is -2.22. The molecule has 5 heteroatoms. The average Bonchev–Trinajstić information content (AvgIpc) is 3.11. The van der Waals surface area contributed by atoms with E-state index in [2.05, 4.69) is 11.2 Å². The first-order chi connectivity index (χ1) is 11.4. The maximum absolute atomic E-state index is 9.94. The Bertz CT molecular complexity index is 829. The fraction of sp³-hybridized carbons (Fsp3) is 0.316. The summed E-state index contributed by atoms with van der Waals surface area (Å²) in [6.45, 7) is 1.99. The van der Waals surface area contributed by atoms with Crippen LogP contribution in [0.25, 0.3) is 0 Å². The van der Waals surface area contributed by atoms with Gasteiger partial charge in [0.15, 0.2) is 5.60 Å². The minimum atomic E-state index is -0.581. The largest absolute Gasteiger partial charge is 0.388 e. The second kappa shape index (κ2) is 5.76. The molecule has 0 radical (unpaired) electrons. The summed E-state index contributed by atoms with van der Waals surface area (Å²) >= 11 is 12.2. The predicted molar refractivity (Wildman–Crippen MR) is 95.8 cm³/mol. The van der Waals surface area contributed by atoms with Crippen molar-refractivity contribution in [2.24, 2.45) is 5.16 Å². The summed E-state index contributed by atoms with van der Waals surface area (Å²) in [6, 6.07) is 11.6. The van der Waals surface area contributed by atoms with E-state index in [4.69, 9.17) is 28.0 Å². The Kier molecular flexibility index (Phi) is 3.83. The van der Waals surface area contributed by atoms with Gasteiger partial charge < -0.3 is 9.94 Å². The summed E-state index contributed by atoms with van der Waals surface area (Å²) in [4.78, 5) is 5.77. The number of benzene rings is 2. The van der Waals surface area contributed by atoms with Crippen molar-refractivity contribution in [2.75, 3.05) is 0 Å². The number of fused-ring (bicyclic) bond motifs is 1. The van der Waals surface area contributed by atoms with Gasteiger partial charge in [-0.15, -0.1) is 0 Å². The van der Waals surface area contributed by atoms with E-state index in [0.717, 1.165) is 35.2 Å². The van der Waals surface area contributed by atoms with Gasteiger partial charge in [0.1, 0.15) is 0 Å². The zero-order chi connectivity index (χ0) is 16.9. The Morgan fingerprint density at radius 1 is 1.17 bits per heavy atom. The SMILES string of the molecule is CC1(c2cc(Cl)cc(Cl)c2)CC(c2ccc3c(c2)CCC3O)=NO1. The van der Waals surface area contributed by atoms with Crippen molar-refractivity contribution in [1.82, 2.24) is 0 Å². The Hall–Kier alpha value is -1.55. The van der Waals surface area contributed by atoms with E-state index in [0.29, 0.717) is 16.5 Å². The highest BCUT2D eigenvalue weighted by Crippen LogP contribution is 2.39. The Labute approximate surface area is 150 Å². The molecule has 2 aliphatic rings. The van der Waals surface area contributed by atoms with Crippen LogP contribution in [0.1, 0.15) is 48.1 Å². The second-order valence-electron chi connectivity index (χ2n) is 6.66. The summed E-state index contributed by atoms with van der Waals surface area (Å²) in [5.74, 6) is 0. The molecule has 1 heterocycles. The minimum Gasteiger partial charge on any atom is -0.388 e. The molecule has 0 spiro atoms. The Morgan fingerprint density at radius 2 is 1.92 bits per heavy atom. The van der Waals surface area contributed by atoms with Crippen molar-refractivity contribution >= 4 is 28.9 Å². The van der Waals surface area contributed by atoms with Crippen LogP contribution in [0.2, 0.25) is 10.0 Å². The number of halogens is 2. The van der Waals surface area contributed by atoms with E-state index in [1.54, 1.807) is 6.07 Å². The van der Waals surface area contributed by atoms with Crippen LogP contribution in [-0.4, -0.2) is 10.8 Å². The van der Waals surface area contributed by atoms with Crippen molar-refractivity contribution in [3.8, 4) is 0 Å². The summed E-state index contributed by atoms with van der Waals surface area (Å²) in [7, 11) is 0. The van der Waals surface area contributed by atoms with E-state index in [9.17, 15) is 5.11 Å². The first kappa shape index (κ1) is 15.9. The molecule has 124 valence electrons. The topological polar surface area (TPSA) is 41.8 Å². The normalized spacial score (nSPS) is 25.3. The van der Waals surface area contributed by atoms with E-state index < -0.39 is 5.60 Å². The molecule has 0 bridgehead atoms. The molecule has 2 aromatic carbocycles. The van der Waals surface area contributed by atoms with Crippen LogP contribution < -0.4 is 0 Å². The Morgan fingerprint density at radius 3 is 2.67 bits per heavy atom. The van der Waals surface area contributed by atoms with Gasteiger partial charge in [-0.05, 0) is 60.7 Å². The minimum absolute atomic E-state index is 0.338. The summed E-state index contributed by atoms with van der Waals surface area (Å²) in [5.41, 5.74) is 4.50. The smallest absolute Gasteiger partial charge is 0.165 e. The van der Waals surface area contributed by atoms with Crippen LogP contribution >= 0.6 is 23.2 Å². The fourth-order valence-electron chi connectivity index (χ4n) is 3.48. The van der Waals surface area contributed by atoms with Crippen LogP contribution in [0.15, 0.2) is 41.6 Å². The third-order valence-electron chi connectivity index (χ3n) is 4.86. The zero-order valence-electron chi connectivity index (χ0n) is 13.2. The summed E-state index contributed by atoms with van der Waals surface area (Å²) < 4.78 is 0. The summed E-state index contributed by atoms with van der Waals surface area (Å²) in [6.07, 6.45) is 2.00. The highest BCUT2D eigenvalue weighted by Gasteiger charge is 2.37. The number of rotatable bonds is 2. The van der Waals surface area contributed by atoms with Crippen molar-refractivity contribution in [3.05, 3.63) is 68.7 Å². The average molecular weight is 362 g/mol. The van der Waals surface area contributed by atoms with Crippen molar-refractivity contribution in [2.45, 2.75) is 37.9 Å². The standard InChI is InChI=1S/C19H17Cl2NO2/c1-19(13-7-14(20)9-15(21)8-13)10-17(22-24-19)12-2-4-16-11(6-12)3-5-18(16)23/h2,4,6-9,18,23H,3,5,10H2,1H3. The number of hydrogen-bond acceptors (Lipinski definition) is 3. The van der Waals surface area contributed by atoms with E-state index >= 15 is 0 Å². The van der Waals surface area contributed by atoms with Crippen LogP contribution in [0.3, 0.4) is 0 Å². The van der Waals surface area contributed by atoms with Gasteiger partial charge in [0.05, 0.1) is 11.8 Å². The molecule has 1 N–H and O–H groups in total. The zero-order valence-corrected chi connectivity index (χ0v) is 14.7. The number of hydrogen-bond donors (Lipinski definition) is 1. The molecule has 0 aromatic heterocycles. The molecular weight excluding hydrogens is 345 g/mol. The molecule has 4 rings (SSSR count). The molecule has 0 amide bonds. The van der Waals surface area contributed by atoms with Crippen LogP contribution in [0, 0.1) is 0 Å². The lowest BCUT2D eigenvalue weighted by Gasteiger charge is -2.22.